The Labute approximate surface area is 116 Å². The molecule has 0 bridgehead atoms. The molecule has 1 aromatic carbocycles. The van der Waals surface area contributed by atoms with Gasteiger partial charge >= 0.3 is 0 Å². The zero-order chi connectivity index (χ0) is 14.5. The van der Waals surface area contributed by atoms with Crippen LogP contribution in [0.2, 0.25) is 0 Å². The van der Waals surface area contributed by atoms with Crippen LogP contribution in [0, 0.1) is 5.92 Å². The van der Waals surface area contributed by atoms with E-state index in [-0.39, 0.29) is 30.4 Å². The molecular formula is C14H17N3O3. The summed E-state index contributed by atoms with van der Waals surface area (Å²) in [6.45, 7) is 2.32. The maximum atomic E-state index is 11.8. The molecule has 0 fully saturated rings. The van der Waals surface area contributed by atoms with Crippen LogP contribution in [-0.2, 0) is 11.3 Å². The van der Waals surface area contributed by atoms with E-state index < -0.39 is 0 Å². The van der Waals surface area contributed by atoms with E-state index >= 15 is 0 Å². The topological polar surface area (TPSA) is 84.2 Å². The first-order valence-corrected chi connectivity index (χ1v) is 6.44. The quantitative estimate of drug-likeness (QED) is 0.813. The minimum absolute atomic E-state index is 0.0117. The minimum Gasteiger partial charge on any atom is -0.396 e. The lowest BCUT2D eigenvalue weighted by Gasteiger charge is -2.11. The molecule has 0 radical (unpaired) electrons. The fourth-order valence-electron chi connectivity index (χ4n) is 1.83. The molecule has 1 aromatic heterocycles. The molecule has 6 nitrogen and oxygen atoms in total. The van der Waals surface area contributed by atoms with Crippen LogP contribution >= 0.6 is 0 Å². The SMILES string of the molecule is CC(CO)CNC(=O)Cn1ncc(=O)c2ccccc21. The summed E-state index contributed by atoms with van der Waals surface area (Å²) in [5, 5.41) is 16.2. The Morgan fingerprint density at radius 3 is 2.95 bits per heavy atom. The largest absolute Gasteiger partial charge is 0.396 e. The average molecular weight is 275 g/mol. The summed E-state index contributed by atoms with van der Waals surface area (Å²) < 4.78 is 1.50. The maximum absolute atomic E-state index is 11.8. The molecule has 0 aliphatic heterocycles. The standard InChI is InChI=1S/C14H17N3O3/c1-10(9-18)6-15-14(20)8-17-12-5-3-2-4-11(12)13(19)7-16-17/h2-5,7,10,18H,6,8-9H2,1H3,(H,15,20). The number of hydrogen-bond donors (Lipinski definition) is 2. The van der Waals surface area contributed by atoms with Gasteiger partial charge in [0.2, 0.25) is 11.3 Å². The van der Waals surface area contributed by atoms with Crippen molar-refractivity contribution in [2.75, 3.05) is 13.2 Å². The van der Waals surface area contributed by atoms with Gasteiger partial charge in [-0.05, 0) is 18.1 Å². The van der Waals surface area contributed by atoms with Gasteiger partial charge in [0.15, 0.2) is 0 Å². The highest BCUT2D eigenvalue weighted by Gasteiger charge is 2.08. The van der Waals surface area contributed by atoms with Gasteiger partial charge in [0.05, 0.1) is 11.7 Å². The second kappa shape index (κ2) is 6.29. The molecule has 1 amide bonds. The van der Waals surface area contributed by atoms with Crippen molar-refractivity contribution in [1.82, 2.24) is 15.1 Å². The molecule has 2 aromatic rings. The van der Waals surface area contributed by atoms with Crippen LogP contribution in [0.5, 0.6) is 0 Å². The molecular weight excluding hydrogens is 258 g/mol. The number of rotatable bonds is 5. The summed E-state index contributed by atoms with van der Waals surface area (Å²) in [7, 11) is 0. The van der Waals surface area contributed by atoms with Crippen molar-refractivity contribution in [3.8, 4) is 0 Å². The summed E-state index contributed by atoms with van der Waals surface area (Å²) in [6.07, 6.45) is 1.21. The monoisotopic (exact) mass is 275 g/mol. The van der Waals surface area contributed by atoms with E-state index in [1.165, 1.54) is 10.9 Å². The molecule has 1 unspecified atom stereocenters. The zero-order valence-electron chi connectivity index (χ0n) is 11.2. The first-order valence-electron chi connectivity index (χ1n) is 6.44. The summed E-state index contributed by atoms with van der Waals surface area (Å²) in [4.78, 5) is 23.5. The van der Waals surface area contributed by atoms with Crippen molar-refractivity contribution in [2.45, 2.75) is 13.5 Å². The number of benzene rings is 1. The molecule has 2 N–H and O–H groups in total. The van der Waals surface area contributed by atoms with E-state index in [9.17, 15) is 9.59 Å². The number of aliphatic hydroxyl groups excluding tert-OH is 1. The van der Waals surface area contributed by atoms with Crippen LogP contribution in [0.25, 0.3) is 10.9 Å². The first-order chi connectivity index (χ1) is 9.61. The van der Waals surface area contributed by atoms with E-state index in [1.54, 1.807) is 24.3 Å². The smallest absolute Gasteiger partial charge is 0.241 e. The Bertz CT molecular complexity index is 666. The molecule has 6 heteroatoms. The third-order valence-corrected chi connectivity index (χ3v) is 3.01. The Balaban J connectivity index is 2.16. The highest BCUT2D eigenvalue weighted by molar-refractivity contribution is 5.81. The van der Waals surface area contributed by atoms with Crippen LogP contribution in [0.3, 0.4) is 0 Å². The number of nitrogens with one attached hydrogen (secondary N) is 1. The van der Waals surface area contributed by atoms with Crippen LogP contribution in [0.15, 0.2) is 35.3 Å². The number of hydrogen-bond acceptors (Lipinski definition) is 4. The number of nitrogens with zero attached hydrogens (tertiary/aromatic N) is 2. The molecule has 2 rings (SSSR count). The molecule has 0 aliphatic rings. The normalized spacial score (nSPS) is 12.3. The van der Waals surface area contributed by atoms with E-state index in [4.69, 9.17) is 5.11 Å². The molecule has 0 saturated heterocycles. The summed E-state index contributed by atoms with van der Waals surface area (Å²) >= 11 is 0. The second-order valence-corrected chi connectivity index (χ2v) is 4.78. The lowest BCUT2D eigenvalue weighted by atomic mass is 10.2. The fraction of sp³-hybridized carbons (Fsp3) is 0.357. The second-order valence-electron chi connectivity index (χ2n) is 4.78. The third-order valence-electron chi connectivity index (χ3n) is 3.01. The summed E-state index contributed by atoms with van der Waals surface area (Å²) in [5.41, 5.74) is 0.469. The van der Waals surface area contributed by atoms with Crippen molar-refractivity contribution in [1.29, 1.82) is 0 Å². The number of fused-ring (bicyclic) bond motifs is 1. The van der Waals surface area contributed by atoms with Crippen molar-refractivity contribution in [3.05, 3.63) is 40.7 Å². The van der Waals surface area contributed by atoms with Gasteiger partial charge in [-0.3, -0.25) is 14.3 Å². The van der Waals surface area contributed by atoms with E-state index in [2.05, 4.69) is 10.4 Å². The summed E-state index contributed by atoms with van der Waals surface area (Å²) in [6, 6.07) is 7.04. The highest BCUT2D eigenvalue weighted by Crippen LogP contribution is 2.07. The molecule has 1 atom stereocenters. The van der Waals surface area contributed by atoms with Gasteiger partial charge in [-0.15, -0.1) is 0 Å². The molecule has 106 valence electrons. The Morgan fingerprint density at radius 2 is 2.20 bits per heavy atom. The number of carbonyl (C=O) groups excluding carboxylic acids is 1. The Morgan fingerprint density at radius 1 is 1.45 bits per heavy atom. The predicted molar refractivity (Wildman–Crippen MR) is 75.3 cm³/mol. The van der Waals surface area contributed by atoms with Crippen LogP contribution < -0.4 is 10.7 Å². The Hall–Kier alpha value is -2.21. The van der Waals surface area contributed by atoms with Crippen LogP contribution in [0.1, 0.15) is 6.92 Å². The molecule has 0 saturated carbocycles. The highest BCUT2D eigenvalue weighted by atomic mass is 16.3. The number of aliphatic hydroxyl groups is 1. The van der Waals surface area contributed by atoms with E-state index in [0.717, 1.165) is 0 Å². The van der Waals surface area contributed by atoms with E-state index in [1.807, 2.05) is 6.92 Å². The van der Waals surface area contributed by atoms with Gasteiger partial charge in [0.1, 0.15) is 6.54 Å². The lowest BCUT2D eigenvalue weighted by Crippen LogP contribution is -2.33. The number of amides is 1. The summed E-state index contributed by atoms with van der Waals surface area (Å²) in [5.74, 6) is -0.190. The molecule has 0 spiro atoms. The van der Waals surface area contributed by atoms with Crippen LogP contribution in [0.4, 0.5) is 0 Å². The van der Waals surface area contributed by atoms with Gasteiger partial charge in [0.25, 0.3) is 0 Å². The van der Waals surface area contributed by atoms with Gasteiger partial charge in [-0.2, -0.15) is 5.10 Å². The lowest BCUT2D eigenvalue weighted by molar-refractivity contribution is -0.122. The zero-order valence-corrected chi connectivity index (χ0v) is 11.2. The van der Waals surface area contributed by atoms with Crippen molar-refractivity contribution < 1.29 is 9.90 Å². The average Bonchev–Trinajstić information content (AvgIpc) is 2.48. The fourth-order valence-corrected chi connectivity index (χ4v) is 1.83. The van der Waals surface area contributed by atoms with Crippen molar-refractivity contribution >= 4 is 16.8 Å². The van der Waals surface area contributed by atoms with Gasteiger partial charge in [0, 0.05) is 18.5 Å². The minimum atomic E-state index is -0.202. The first kappa shape index (κ1) is 14.2. The molecule has 0 aliphatic carbocycles. The Kier molecular flexibility index (Phi) is 4.47. The third kappa shape index (κ3) is 3.21. The molecule has 1 heterocycles. The number of aromatic nitrogens is 2. The maximum Gasteiger partial charge on any atom is 0.241 e. The van der Waals surface area contributed by atoms with Crippen LogP contribution in [-0.4, -0.2) is 33.9 Å². The van der Waals surface area contributed by atoms with Gasteiger partial charge in [-0.25, -0.2) is 0 Å². The van der Waals surface area contributed by atoms with E-state index in [0.29, 0.717) is 17.4 Å². The van der Waals surface area contributed by atoms with Crippen molar-refractivity contribution in [2.24, 2.45) is 5.92 Å². The number of para-hydroxylation sites is 1. The van der Waals surface area contributed by atoms with Gasteiger partial charge < -0.3 is 10.4 Å². The van der Waals surface area contributed by atoms with Crippen molar-refractivity contribution in [3.63, 3.8) is 0 Å². The van der Waals surface area contributed by atoms with Gasteiger partial charge in [-0.1, -0.05) is 19.1 Å². The number of carbonyl (C=O) groups is 1. The predicted octanol–water partition coefficient (Wildman–Crippen LogP) is 0.141. The molecule has 20 heavy (non-hydrogen) atoms.